The Balaban J connectivity index is 2.20. The van der Waals surface area contributed by atoms with Crippen molar-refractivity contribution in [1.29, 1.82) is 0 Å². The number of carbonyl (C=O) groups is 1. The predicted octanol–water partition coefficient (Wildman–Crippen LogP) is 1.42. The van der Waals surface area contributed by atoms with Crippen LogP contribution in [-0.2, 0) is 4.79 Å². The molecule has 0 fully saturated rings. The van der Waals surface area contributed by atoms with Crippen LogP contribution in [-0.4, -0.2) is 40.6 Å². The Morgan fingerprint density at radius 2 is 2.32 bits per heavy atom. The molecule has 0 radical (unpaired) electrons. The number of rotatable bonds is 4. The van der Waals surface area contributed by atoms with Gasteiger partial charge in [0, 0.05) is 19.0 Å². The van der Waals surface area contributed by atoms with Gasteiger partial charge in [-0.3, -0.25) is 9.89 Å². The summed E-state index contributed by atoms with van der Waals surface area (Å²) in [5.41, 5.74) is 8.21. The number of aromatic amines is 1. The third kappa shape index (κ3) is 2.62. The van der Waals surface area contributed by atoms with Crippen LogP contribution in [0.4, 0.5) is 11.4 Å². The molecule has 6 nitrogen and oxygen atoms in total. The van der Waals surface area contributed by atoms with Gasteiger partial charge in [0.25, 0.3) is 0 Å². The Morgan fingerprint density at radius 3 is 3.00 bits per heavy atom. The van der Waals surface area contributed by atoms with Crippen LogP contribution in [0.15, 0.2) is 18.3 Å². The van der Waals surface area contributed by atoms with Crippen molar-refractivity contribution in [2.24, 2.45) is 0 Å². The van der Waals surface area contributed by atoms with E-state index >= 15 is 0 Å². The van der Waals surface area contributed by atoms with Crippen molar-refractivity contribution in [3.05, 3.63) is 18.3 Å². The van der Waals surface area contributed by atoms with Gasteiger partial charge in [0.2, 0.25) is 5.91 Å². The summed E-state index contributed by atoms with van der Waals surface area (Å²) in [6, 6.07) is 3.38. The Bertz CT molecular complexity index is 592. The molecule has 0 saturated carbocycles. The summed E-state index contributed by atoms with van der Waals surface area (Å²) in [5.74, 6) is 0.0339. The molecule has 0 bridgehead atoms. The number of hydrogen-bond acceptors (Lipinski definition) is 4. The molecule has 6 heteroatoms. The van der Waals surface area contributed by atoms with E-state index < -0.39 is 0 Å². The zero-order valence-corrected chi connectivity index (χ0v) is 11.4. The van der Waals surface area contributed by atoms with E-state index in [4.69, 9.17) is 5.73 Å². The maximum Gasteiger partial charge on any atom is 0.244 e. The Labute approximate surface area is 112 Å². The molecule has 0 aliphatic heterocycles. The van der Waals surface area contributed by atoms with E-state index in [0.29, 0.717) is 12.2 Å². The first kappa shape index (κ1) is 13.2. The maximum atomic E-state index is 12.0. The van der Waals surface area contributed by atoms with Gasteiger partial charge in [0.15, 0.2) is 0 Å². The van der Waals surface area contributed by atoms with Gasteiger partial charge in [-0.1, -0.05) is 0 Å². The second-order valence-corrected chi connectivity index (χ2v) is 4.62. The molecule has 1 unspecified atom stereocenters. The monoisotopic (exact) mass is 261 g/mol. The van der Waals surface area contributed by atoms with E-state index in [-0.39, 0.29) is 11.9 Å². The summed E-state index contributed by atoms with van der Waals surface area (Å²) in [6.07, 6.45) is 1.72. The van der Waals surface area contributed by atoms with E-state index in [0.717, 1.165) is 16.6 Å². The number of nitrogens with zero attached hydrogens (tertiary/aromatic N) is 2. The number of likely N-dealkylation sites (N-methyl/N-ethyl adjacent to an activating group) is 1. The minimum atomic E-state index is -0.326. The van der Waals surface area contributed by atoms with E-state index in [9.17, 15) is 4.79 Å². The molecule has 1 aromatic heterocycles. The van der Waals surface area contributed by atoms with Gasteiger partial charge in [-0.2, -0.15) is 5.10 Å². The van der Waals surface area contributed by atoms with Crippen LogP contribution < -0.4 is 11.1 Å². The number of nitrogens with one attached hydrogen (secondary N) is 2. The summed E-state index contributed by atoms with van der Waals surface area (Å²) in [5, 5.41) is 10.9. The SMILES string of the molecule is CCN(C)C(=O)C(C)Nc1cc2[nH]ncc2cc1N. The van der Waals surface area contributed by atoms with Gasteiger partial charge in [0.05, 0.1) is 23.1 Å². The molecule has 4 N–H and O–H groups in total. The molecule has 1 amide bonds. The summed E-state index contributed by atoms with van der Waals surface area (Å²) in [4.78, 5) is 13.7. The fraction of sp³-hybridized carbons (Fsp3) is 0.385. The molecule has 1 atom stereocenters. The predicted molar refractivity (Wildman–Crippen MR) is 76.9 cm³/mol. The van der Waals surface area contributed by atoms with Gasteiger partial charge in [0.1, 0.15) is 6.04 Å². The molecule has 19 heavy (non-hydrogen) atoms. The Kier molecular flexibility index (Phi) is 3.59. The lowest BCUT2D eigenvalue weighted by Gasteiger charge is -2.22. The van der Waals surface area contributed by atoms with E-state index in [2.05, 4.69) is 15.5 Å². The second-order valence-electron chi connectivity index (χ2n) is 4.62. The first-order valence-corrected chi connectivity index (χ1v) is 6.27. The molecule has 102 valence electrons. The molecule has 0 aliphatic rings. The number of benzene rings is 1. The van der Waals surface area contributed by atoms with Crippen LogP contribution in [0.25, 0.3) is 10.9 Å². The van der Waals surface area contributed by atoms with Crippen molar-refractivity contribution >= 4 is 28.2 Å². The number of H-pyrrole nitrogens is 1. The van der Waals surface area contributed by atoms with Crippen LogP contribution in [0.5, 0.6) is 0 Å². The standard InChI is InChI=1S/C13H19N5O/c1-4-18(3)13(19)8(2)16-12-6-11-9(5-10(12)14)7-15-17-11/h5-8,16H,4,14H2,1-3H3,(H,15,17). The third-order valence-electron chi connectivity index (χ3n) is 3.20. The van der Waals surface area contributed by atoms with Gasteiger partial charge in [-0.15, -0.1) is 0 Å². The summed E-state index contributed by atoms with van der Waals surface area (Å²) in [6.45, 7) is 4.45. The summed E-state index contributed by atoms with van der Waals surface area (Å²) < 4.78 is 0. The van der Waals surface area contributed by atoms with E-state index in [1.165, 1.54) is 0 Å². The average molecular weight is 261 g/mol. The number of nitrogen functional groups attached to an aromatic ring is 1. The Morgan fingerprint density at radius 1 is 1.58 bits per heavy atom. The van der Waals surface area contributed by atoms with Crippen molar-refractivity contribution in [2.45, 2.75) is 19.9 Å². The van der Waals surface area contributed by atoms with Crippen LogP contribution in [0.2, 0.25) is 0 Å². The normalized spacial score (nSPS) is 12.4. The van der Waals surface area contributed by atoms with E-state index in [1.807, 2.05) is 26.0 Å². The first-order chi connectivity index (χ1) is 9.02. The van der Waals surface area contributed by atoms with Gasteiger partial charge in [-0.25, -0.2) is 0 Å². The highest BCUT2D eigenvalue weighted by Crippen LogP contribution is 2.25. The van der Waals surface area contributed by atoms with E-state index in [1.54, 1.807) is 18.1 Å². The smallest absolute Gasteiger partial charge is 0.244 e. The highest BCUT2D eigenvalue weighted by atomic mass is 16.2. The van der Waals surface area contributed by atoms with Crippen molar-refractivity contribution in [3.8, 4) is 0 Å². The lowest BCUT2D eigenvalue weighted by molar-refractivity contribution is -0.130. The van der Waals surface area contributed by atoms with Crippen LogP contribution in [0, 0.1) is 0 Å². The van der Waals surface area contributed by atoms with Gasteiger partial charge >= 0.3 is 0 Å². The fourth-order valence-corrected chi connectivity index (χ4v) is 1.92. The topological polar surface area (TPSA) is 87.0 Å². The molecule has 0 aliphatic carbocycles. The summed E-state index contributed by atoms with van der Waals surface area (Å²) >= 11 is 0. The number of nitrogens with two attached hydrogens (primary N) is 1. The number of aromatic nitrogens is 2. The molecule has 1 heterocycles. The van der Waals surface area contributed by atoms with Crippen LogP contribution in [0.1, 0.15) is 13.8 Å². The molecule has 2 aromatic rings. The molecule has 2 rings (SSSR count). The minimum absolute atomic E-state index is 0.0339. The number of amides is 1. The van der Waals surface area contributed by atoms with Gasteiger partial charge in [-0.05, 0) is 26.0 Å². The maximum absolute atomic E-state index is 12.0. The summed E-state index contributed by atoms with van der Waals surface area (Å²) in [7, 11) is 1.78. The fourth-order valence-electron chi connectivity index (χ4n) is 1.92. The third-order valence-corrected chi connectivity index (χ3v) is 3.20. The molecule has 0 saturated heterocycles. The second kappa shape index (κ2) is 5.17. The number of fused-ring (bicyclic) bond motifs is 1. The lowest BCUT2D eigenvalue weighted by atomic mass is 10.2. The van der Waals surface area contributed by atoms with Crippen molar-refractivity contribution < 1.29 is 4.79 Å². The molecule has 1 aromatic carbocycles. The van der Waals surface area contributed by atoms with Gasteiger partial charge < -0.3 is 16.0 Å². The number of carbonyl (C=O) groups excluding carboxylic acids is 1. The van der Waals surface area contributed by atoms with Crippen LogP contribution >= 0.6 is 0 Å². The quantitative estimate of drug-likeness (QED) is 0.726. The largest absolute Gasteiger partial charge is 0.397 e. The van der Waals surface area contributed by atoms with Crippen molar-refractivity contribution in [2.75, 3.05) is 24.6 Å². The zero-order valence-electron chi connectivity index (χ0n) is 11.4. The number of anilines is 2. The van der Waals surface area contributed by atoms with Crippen molar-refractivity contribution in [1.82, 2.24) is 15.1 Å². The molecular weight excluding hydrogens is 242 g/mol. The van der Waals surface area contributed by atoms with Crippen LogP contribution in [0.3, 0.4) is 0 Å². The minimum Gasteiger partial charge on any atom is -0.397 e. The highest BCUT2D eigenvalue weighted by molar-refractivity contribution is 5.91. The highest BCUT2D eigenvalue weighted by Gasteiger charge is 2.17. The number of hydrogen-bond donors (Lipinski definition) is 3. The molecule has 0 spiro atoms. The first-order valence-electron chi connectivity index (χ1n) is 6.27. The van der Waals surface area contributed by atoms with Crippen molar-refractivity contribution in [3.63, 3.8) is 0 Å². The average Bonchev–Trinajstić information content (AvgIpc) is 2.84. The Hall–Kier alpha value is -2.24. The molecular formula is C13H19N5O. The zero-order chi connectivity index (χ0) is 14.0. The lowest BCUT2D eigenvalue weighted by Crippen LogP contribution is -2.38.